The molecule has 0 aliphatic carbocycles. The second kappa shape index (κ2) is 5.09. The summed E-state index contributed by atoms with van der Waals surface area (Å²) >= 11 is 3.39. The van der Waals surface area contributed by atoms with Crippen molar-refractivity contribution in [2.24, 2.45) is 0 Å². The topological polar surface area (TPSA) is 57.8 Å². The monoisotopic (exact) mass is 329 g/mol. The van der Waals surface area contributed by atoms with Crippen molar-refractivity contribution in [3.8, 4) is 0 Å². The molecule has 0 saturated heterocycles. The van der Waals surface area contributed by atoms with Crippen molar-refractivity contribution in [1.82, 2.24) is 10.2 Å². The number of anilines is 1. The number of aromatic amines is 1. The highest BCUT2D eigenvalue weighted by Gasteiger charge is 2.11. The van der Waals surface area contributed by atoms with Gasteiger partial charge in [0, 0.05) is 15.4 Å². The standard InChI is InChI=1S/C15H12BrN3O/c1-9-5-6-10(16)7-11(9)15(20)18-13-3-2-4-14-12(13)8-17-19-14/h2-8H,1H3,(H,17,19)(H,18,20). The first-order valence-corrected chi connectivity index (χ1v) is 6.94. The second-order valence-corrected chi connectivity index (χ2v) is 5.47. The molecule has 2 aromatic carbocycles. The predicted molar refractivity (Wildman–Crippen MR) is 82.9 cm³/mol. The number of aryl methyl sites for hydroxylation is 1. The van der Waals surface area contributed by atoms with Crippen molar-refractivity contribution in [3.05, 3.63) is 58.2 Å². The fourth-order valence-electron chi connectivity index (χ4n) is 2.11. The van der Waals surface area contributed by atoms with Gasteiger partial charge >= 0.3 is 0 Å². The Labute approximate surface area is 124 Å². The van der Waals surface area contributed by atoms with Gasteiger partial charge in [-0.25, -0.2) is 0 Å². The van der Waals surface area contributed by atoms with Crippen molar-refractivity contribution < 1.29 is 4.79 Å². The number of amides is 1. The lowest BCUT2D eigenvalue weighted by Gasteiger charge is -2.09. The van der Waals surface area contributed by atoms with Crippen molar-refractivity contribution in [1.29, 1.82) is 0 Å². The van der Waals surface area contributed by atoms with Gasteiger partial charge in [0.05, 0.1) is 17.4 Å². The Morgan fingerprint density at radius 1 is 1.30 bits per heavy atom. The number of H-pyrrole nitrogens is 1. The molecule has 0 radical (unpaired) electrons. The smallest absolute Gasteiger partial charge is 0.255 e. The van der Waals surface area contributed by atoms with E-state index in [1.807, 2.05) is 43.3 Å². The number of carbonyl (C=O) groups is 1. The van der Waals surface area contributed by atoms with Crippen LogP contribution in [0.5, 0.6) is 0 Å². The van der Waals surface area contributed by atoms with Crippen LogP contribution >= 0.6 is 15.9 Å². The van der Waals surface area contributed by atoms with E-state index in [1.54, 1.807) is 6.20 Å². The summed E-state index contributed by atoms with van der Waals surface area (Å²) in [4.78, 5) is 12.4. The summed E-state index contributed by atoms with van der Waals surface area (Å²) in [5.41, 5.74) is 3.24. The van der Waals surface area contributed by atoms with Gasteiger partial charge in [-0.1, -0.05) is 28.1 Å². The number of carbonyl (C=O) groups excluding carboxylic acids is 1. The lowest BCUT2D eigenvalue weighted by atomic mass is 10.1. The van der Waals surface area contributed by atoms with E-state index in [1.165, 1.54) is 0 Å². The molecule has 20 heavy (non-hydrogen) atoms. The number of rotatable bonds is 2. The predicted octanol–water partition coefficient (Wildman–Crippen LogP) is 3.89. The summed E-state index contributed by atoms with van der Waals surface area (Å²) in [5.74, 6) is -0.127. The van der Waals surface area contributed by atoms with E-state index in [9.17, 15) is 4.79 Å². The third kappa shape index (κ3) is 2.32. The van der Waals surface area contributed by atoms with E-state index in [2.05, 4.69) is 31.4 Å². The zero-order chi connectivity index (χ0) is 14.1. The highest BCUT2D eigenvalue weighted by molar-refractivity contribution is 9.10. The molecule has 0 fully saturated rings. The molecule has 1 amide bonds. The Kier molecular flexibility index (Phi) is 3.28. The van der Waals surface area contributed by atoms with Crippen LogP contribution in [0.25, 0.3) is 10.9 Å². The number of fused-ring (bicyclic) bond motifs is 1. The number of hydrogen-bond donors (Lipinski definition) is 2. The average molecular weight is 330 g/mol. The number of hydrogen-bond acceptors (Lipinski definition) is 2. The van der Waals surface area contributed by atoms with Gasteiger partial charge in [0.1, 0.15) is 0 Å². The summed E-state index contributed by atoms with van der Waals surface area (Å²) in [6, 6.07) is 11.3. The molecule has 1 aromatic heterocycles. The first-order chi connectivity index (χ1) is 9.65. The van der Waals surface area contributed by atoms with Crippen LogP contribution in [-0.2, 0) is 0 Å². The van der Waals surface area contributed by atoms with Gasteiger partial charge in [-0.05, 0) is 36.8 Å². The quantitative estimate of drug-likeness (QED) is 0.749. The maximum absolute atomic E-state index is 12.4. The summed E-state index contributed by atoms with van der Waals surface area (Å²) in [5, 5.41) is 10.7. The molecule has 3 rings (SSSR count). The van der Waals surface area contributed by atoms with Crippen LogP contribution in [0.4, 0.5) is 5.69 Å². The molecular weight excluding hydrogens is 318 g/mol. The maximum atomic E-state index is 12.4. The molecule has 100 valence electrons. The minimum Gasteiger partial charge on any atom is -0.321 e. The first kappa shape index (κ1) is 12.9. The van der Waals surface area contributed by atoms with Gasteiger partial charge in [-0.2, -0.15) is 5.10 Å². The van der Waals surface area contributed by atoms with Crippen molar-refractivity contribution in [2.75, 3.05) is 5.32 Å². The van der Waals surface area contributed by atoms with E-state index in [0.29, 0.717) is 5.56 Å². The summed E-state index contributed by atoms with van der Waals surface area (Å²) in [6.45, 7) is 1.92. The first-order valence-electron chi connectivity index (χ1n) is 6.15. The highest BCUT2D eigenvalue weighted by Crippen LogP contribution is 2.23. The normalized spacial score (nSPS) is 10.7. The highest BCUT2D eigenvalue weighted by atomic mass is 79.9. The van der Waals surface area contributed by atoms with Gasteiger partial charge < -0.3 is 5.32 Å². The number of halogens is 1. The molecule has 0 unspecified atom stereocenters. The number of nitrogens with one attached hydrogen (secondary N) is 2. The Morgan fingerprint density at radius 2 is 2.15 bits per heavy atom. The zero-order valence-electron chi connectivity index (χ0n) is 10.8. The fourth-order valence-corrected chi connectivity index (χ4v) is 2.47. The van der Waals surface area contributed by atoms with Gasteiger partial charge in [-0.15, -0.1) is 0 Å². The molecule has 1 heterocycles. The van der Waals surface area contributed by atoms with Crippen molar-refractivity contribution >= 4 is 38.4 Å². The Hall–Kier alpha value is -2.14. The number of aromatic nitrogens is 2. The number of nitrogens with zero attached hydrogens (tertiary/aromatic N) is 1. The molecule has 0 spiro atoms. The Balaban J connectivity index is 1.96. The van der Waals surface area contributed by atoms with E-state index in [4.69, 9.17) is 0 Å². The van der Waals surface area contributed by atoms with Crippen LogP contribution in [0.3, 0.4) is 0 Å². The van der Waals surface area contributed by atoms with Crippen LogP contribution in [0, 0.1) is 6.92 Å². The largest absolute Gasteiger partial charge is 0.321 e. The molecule has 3 aromatic rings. The Morgan fingerprint density at radius 3 is 3.00 bits per heavy atom. The maximum Gasteiger partial charge on any atom is 0.255 e. The summed E-state index contributed by atoms with van der Waals surface area (Å²) < 4.78 is 0.884. The van der Waals surface area contributed by atoms with Gasteiger partial charge in [0.15, 0.2) is 0 Å². The van der Waals surface area contributed by atoms with Gasteiger partial charge in [-0.3, -0.25) is 9.89 Å². The lowest BCUT2D eigenvalue weighted by molar-refractivity contribution is 0.102. The van der Waals surface area contributed by atoms with Crippen LogP contribution in [0.1, 0.15) is 15.9 Å². The van der Waals surface area contributed by atoms with E-state index in [-0.39, 0.29) is 5.91 Å². The van der Waals surface area contributed by atoms with E-state index < -0.39 is 0 Å². The lowest BCUT2D eigenvalue weighted by Crippen LogP contribution is -2.13. The van der Waals surface area contributed by atoms with Gasteiger partial charge in [0.2, 0.25) is 0 Å². The SMILES string of the molecule is Cc1ccc(Br)cc1C(=O)Nc1cccc2[nH]ncc12. The Bertz CT molecular complexity index is 795. The van der Waals surface area contributed by atoms with Crippen LogP contribution in [0.15, 0.2) is 47.1 Å². The van der Waals surface area contributed by atoms with E-state index in [0.717, 1.165) is 26.6 Å². The third-order valence-electron chi connectivity index (χ3n) is 3.18. The molecule has 4 nitrogen and oxygen atoms in total. The van der Waals surface area contributed by atoms with Crippen LogP contribution in [-0.4, -0.2) is 16.1 Å². The molecule has 0 bridgehead atoms. The van der Waals surface area contributed by atoms with Crippen LogP contribution < -0.4 is 5.32 Å². The summed E-state index contributed by atoms with van der Waals surface area (Å²) in [6.07, 6.45) is 1.71. The minimum absolute atomic E-state index is 0.127. The second-order valence-electron chi connectivity index (χ2n) is 4.55. The molecule has 0 aliphatic heterocycles. The molecule has 5 heteroatoms. The zero-order valence-corrected chi connectivity index (χ0v) is 12.4. The minimum atomic E-state index is -0.127. The molecule has 2 N–H and O–H groups in total. The summed E-state index contributed by atoms with van der Waals surface area (Å²) in [7, 11) is 0. The van der Waals surface area contributed by atoms with E-state index >= 15 is 0 Å². The number of benzene rings is 2. The average Bonchev–Trinajstić information content (AvgIpc) is 2.91. The van der Waals surface area contributed by atoms with Crippen molar-refractivity contribution in [3.63, 3.8) is 0 Å². The molecule has 0 atom stereocenters. The molecular formula is C15H12BrN3O. The molecule has 0 saturated carbocycles. The van der Waals surface area contributed by atoms with Crippen molar-refractivity contribution in [2.45, 2.75) is 6.92 Å². The molecule has 0 aliphatic rings. The van der Waals surface area contributed by atoms with Gasteiger partial charge in [0.25, 0.3) is 5.91 Å². The third-order valence-corrected chi connectivity index (χ3v) is 3.67. The fraction of sp³-hybridized carbons (Fsp3) is 0.0667. The van der Waals surface area contributed by atoms with Crippen LogP contribution in [0.2, 0.25) is 0 Å².